The van der Waals surface area contributed by atoms with Crippen LogP contribution in [0.3, 0.4) is 0 Å². The van der Waals surface area contributed by atoms with E-state index in [0.717, 1.165) is 29.9 Å². The van der Waals surface area contributed by atoms with Crippen LogP contribution < -0.4 is 10.6 Å². The summed E-state index contributed by atoms with van der Waals surface area (Å²) in [6.07, 6.45) is 3.45. The van der Waals surface area contributed by atoms with Crippen molar-refractivity contribution in [3.05, 3.63) is 52.7 Å². The van der Waals surface area contributed by atoms with Crippen molar-refractivity contribution in [1.82, 2.24) is 4.98 Å². The number of aryl methyl sites for hydroxylation is 3. The molecule has 0 saturated heterocycles. The van der Waals surface area contributed by atoms with E-state index in [1.807, 2.05) is 0 Å². The average molecular weight is 267 g/mol. The lowest BCUT2D eigenvalue weighted by molar-refractivity contribution is 0.897. The van der Waals surface area contributed by atoms with Gasteiger partial charge in [-0.05, 0) is 49.9 Å². The van der Waals surface area contributed by atoms with E-state index in [4.69, 9.17) is 10.7 Å². The highest BCUT2D eigenvalue weighted by Gasteiger charge is 2.18. The summed E-state index contributed by atoms with van der Waals surface area (Å²) in [7, 11) is 2.06. The third kappa shape index (κ3) is 2.29. The summed E-state index contributed by atoms with van der Waals surface area (Å²) in [5.41, 5.74) is 12.1. The smallest absolute Gasteiger partial charge is 0.137 e. The highest BCUT2D eigenvalue weighted by atomic mass is 15.2. The van der Waals surface area contributed by atoms with Gasteiger partial charge in [-0.3, -0.25) is 0 Å². The lowest BCUT2D eigenvalue weighted by Gasteiger charge is -2.22. The van der Waals surface area contributed by atoms with Crippen LogP contribution in [0.25, 0.3) is 0 Å². The Bertz CT molecular complexity index is 617. The van der Waals surface area contributed by atoms with Crippen molar-refractivity contribution < 1.29 is 0 Å². The number of pyridine rings is 1. The normalized spacial score (nSPS) is 13.3. The molecule has 3 heteroatoms. The molecular formula is C17H21N3. The first kappa shape index (κ1) is 13.1. The number of aromatic nitrogens is 1. The second-order valence-corrected chi connectivity index (χ2v) is 5.53. The Morgan fingerprint density at radius 3 is 2.65 bits per heavy atom. The summed E-state index contributed by atoms with van der Waals surface area (Å²) in [6.45, 7) is 2.63. The summed E-state index contributed by atoms with van der Waals surface area (Å²) in [5, 5.41) is 0. The monoisotopic (exact) mass is 267 g/mol. The summed E-state index contributed by atoms with van der Waals surface area (Å²) >= 11 is 0. The number of hydrogen-bond acceptors (Lipinski definition) is 3. The second-order valence-electron chi connectivity index (χ2n) is 5.53. The molecule has 1 heterocycles. The minimum absolute atomic E-state index is 0.534. The summed E-state index contributed by atoms with van der Waals surface area (Å²) in [5.74, 6) is 0.997. The molecule has 3 rings (SSSR count). The molecule has 0 fully saturated rings. The molecule has 0 amide bonds. The number of nitrogens with zero attached hydrogens (tertiary/aromatic N) is 2. The van der Waals surface area contributed by atoms with E-state index < -0.39 is 0 Å². The van der Waals surface area contributed by atoms with Crippen LogP contribution in [0.5, 0.6) is 0 Å². The van der Waals surface area contributed by atoms with E-state index >= 15 is 0 Å². The topological polar surface area (TPSA) is 42.2 Å². The highest BCUT2D eigenvalue weighted by molar-refractivity contribution is 5.63. The van der Waals surface area contributed by atoms with E-state index in [1.165, 1.54) is 23.2 Å². The molecule has 0 saturated carbocycles. The van der Waals surface area contributed by atoms with Crippen LogP contribution in [0, 0.1) is 6.92 Å². The van der Waals surface area contributed by atoms with E-state index in [-0.39, 0.29) is 0 Å². The third-order valence-corrected chi connectivity index (χ3v) is 4.07. The van der Waals surface area contributed by atoms with Crippen molar-refractivity contribution >= 4 is 11.5 Å². The standard InChI is InChI=1S/C17H21N3/c1-12-6-8-15(9-7-12)20(2)17-14(11-18)10-13-4-3-5-16(13)19-17/h6-10H,3-5,11,18H2,1-2H3. The first-order valence-corrected chi connectivity index (χ1v) is 7.21. The predicted octanol–water partition coefficient (Wildman–Crippen LogP) is 3.11. The summed E-state index contributed by atoms with van der Waals surface area (Å²) < 4.78 is 0. The first-order valence-electron chi connectivity index (χ1n) is 7.21. The largest absolute Gasteiger partial charge is 0.329 e. The summed E-state index contributed by atoms with van der Waals surface area (Å²) in [6, 6.07) is 10.8. The molecule has 104 valence electrons. The van der Waals surface area contributed by atoms with Crippen LogP contribution in [0.1, 0.15) is 28.8 Å². The number of benzene rings is 1. The van der Waals surface area contributed by atoms with Crippen LogP contribution in [-0.4, -0.2) is 12.0 Å². The molecule has 1 aromatic carbocycles. The fourth-order valence-electron chi connectivity index (χ4n) is 2.84. The maximum Gasteiger partial charge on any atom is 0.137 e. The minimum Gasteiger partial charge on any atom is -0.329 e. The van der Waals surface area contributed by atoms with Gasteiger partial charge in [-0.2, -0.15) is 0 Å². The van der Waals surface area contributed by atoms with Gasteiger partial charge in [0, 0.05) is 30.5 Å². The van der Waals surface area contributed by atoms with Crippen LogP contribution in [0.4, 0.5) is 11.5 Å². The predicted molar refractivity (Wildman–Crippen MR) is 83.4 cm³/mol. The van der Waals surface area contributed by atoms with E-state index in [9.17, 15) is 0 Å². The van der Waals surface area contributed by atoms with Gasteiger partial charge >= 0.3 is 0 Å². The Balaban J connectivity index is 2.02. The van der Waals surface area contributed by atoms with Crippen LogP contribution in [-0.2, 0) is 19.4 Å². The molecule has 3 nitrogen and oxygen atoms in total. The molecule has 0 atom stereocenters. The molecule has 1 aliphatic carbocycles. The Morgan fingerprint density at radius 1 is 1.20 bits per heavy atom. The van der Waals surface area contributed by atoms with Crippen molar-refractivity contribution in [2.45, 2.75) is 32.7 Å². The molecule has 1 aromatic heterocycles. The van der Waals surface area contributed by atoms with E-state index in [0.29, 0.717) is 6.54 Å². The van der Waals surface area contributed by atoms with Crippen molar-refractivity contribution in [2.75, 3.05) is 11.9 Å². The van der Waals surface area contributed by atoms with E-state index in [2.05, 4.69) is 49.2 Å². The van der Waals surface area contributed by atoms with Gasteiger partial charge in [0.1, 0.15) is 5.82 Å². The number of rotatable bonds is 3. The van der Waals surface area contributed by atoms with E-state index in [1.54, 1.807) is 0 Å². The molecule has 0 bridgehead atoms. The molecule has 0 spiro atoms. The maximum absolute atomic E-state index is 5.92. The van der Waals surface area contributed by atoms with Crippen LogP contribution in [0.2, 0.25) is 0 Å². The maximum atomic E-state index is 5.92. The van der Waals surface area contributed by atoms with Gasteiger partial charge in [0.15, 0.2) is 0 Å². The van der Waals surface area contributed by atoms with Gasteiger partial charge in [-0.25, -0.2) is 4.98 Å². The minimum atomic E-state index is 0.534. The van der Waals surface area contributed by atoms with Crippen molar-refractivity contribution in [2.24, 2.45) is 5.73 Å². The van der Waals surface area contributed by atoms with Crippen molar-refractivity contribution in [3.63, 3.8) is 0 Å². The Hall–Kier alpha value is -1.87. The fraction of sp³-hybridized carbons (Fsp3) is 0.353. The van der Waals surface area contributed by atoms with Gasteiger partial charge in [0.05, 0.1) is 0 Å². The molecule has 2 aromatic rings. The van der Waals surface area contributed by atoms with Crippen molar-refractivity contribution in [3.8, 4) is 0 Å². The first-order chi connectivity index (χ1) is 9.69. The molecule has 0 radical (unpaired) electrons. The highest BCUT2D eigenvalue weighted by Crippen LogP contribution is 2.30. The van der Waals surface area contributed by atoms with Gasteiger partial charge in [0.25, 0.3) is 0 Å². The molecule has 0 unspecified atom stereocenters. The van der Waals surface area contributed by atoms with Gasteiger partial charge in [-0.15, -0.1) is 0 Å². The van der Waals surface area contributed by atoms with Gasteiger partial charge in [-0.1, -0.05) is 17.7 Å². The zero-order chi connectivity index (χ0) is 14.1. The third-order valence-electron chi connectivity index (χ3n) is 4.07. The molecular weight excluding hydrogens is 246 g/mol. The summed E-state index contributed by atoms with van der Waals surface area (Å²) in [4.78, 5) is 7.01. The SMILES string of the molecule is Cc1ccc(N(C)c2nc3c(cc2CN)CCC3)cc1. The molecule has 0 aliphatic heterocycles. The Morgan fingerprint density at radius 2 is 1.95 bits per heavy atom. The van der Waals surface area contributed by atoms with Crippen LogP contribution in [0.15, 0.2) is 30.3 Å². The Labute approximate surface area is 120 Å². The zero-order valence-corrected chi connectivity index (χ0v) is 12.2. The lowest BCUT2D eigenvalue weighted by atomic mass is 10.1. The number of nitrogens with two attached hydrogens (primary N) is 1. The molecule has 20 heavy (non-hydrogen) atoms. The quantitative estimate of drug-likeness (QED) is 0.929. The fourth-order valence-corrected chi connectivity index (χ4v) is 2.84. The zero-order valence-electron chi connectivity index (χ0n) is 12.2. The van der Waals surface area contributed by atoms with Gasteiger partial charge < -0.3 is 10.6 Å². The van der Waals surface area contributed by atoms with Crippen molar-refractivity contribution in [1.29, 1.82) is 0 Å². The van der Waals surface area contributed by atoms with Crippen LogP contribution >= 0.6 is 0 Å². The second kappa shape index (κ2) is 5.25. The number of hydrogen-bond donors (Lipinski definition) is 1. The average Bonchev–Trinajstić information content (AvgIpc) is 2.93. The van der Waals surface area contributed by atoms with Gasteiger partial charge in [0.2, 0.25) is 0 Å². The number of fused-ring (bicyclic) bond motifs is 1. The number of anilines is 2. The molecule has 1 aliphatic rings. The lowest BCUT2D eigenvalue weighted by Crippen LogP contribution is -2.16. The molecule has 2 N–H and O–H groups in total. The Kier molecular flexibility index (Phi) is 3.45.